The molecule has 0 atom stereocenters. The molecule has 0 radical (unpaired) electrons. The van der Waals surface area contributed by atoms with Crippen LogP contribution in [0, 0.1) is 4.64 Å². The van der Waals surface area contributed by atoms with E-state index in [-0.39, 0.29) is 41.1 Å². The Hall–Kier alpha value is 0.0300. The van der Waals surface area contributed by atoms with E-state index >= 15 is 0 Å². The molecule has 7 nitrogen and oxygen atoms in total. The van der Waals surface area contributed by atoms with Gasteiger partial charge >= 0.3 is 29.6 Å². The third-order valence-electron chi connectivity index (χ3n) is 1.58. The van der Waals surface area contributed by atoms with Crippen LogP contribution in [0.25, 0.3) is 11.2 Å². The van der Waals surface area contributed by atoms with Gasteiger partial charge in [-0.3, -0.25) is 0 Å². The van der Waals surface area contributed by atoms with E-state index in [9.17, 15) is 13.0 Å². The Morgan fingerprint density at radius 1 is 1.33 bits per heavy atom. The average molecular weight is 316 g/mol. The van der Waals surface area contributed by atoms with E-state index in [2.05, 4.69) is 32.6 Å². The smallest absolute Gasteiger partial charge is 0.748 e. The van der Waals surface area contributed by atoms with Crippen LogP contribution in [0.5, 0.6) is 0 Å². The predicted octanol–water partition coefficient (Wildman–Crippen LogP) is -2.52. The monoisotopic (exact) mass is 316 g/mol. The molecule has 11 heteroatoms. The molecule has 94 valence electrons. The summed E-state index contributed by atoms with van der Waals surface area (Å²) in [6, 6.07) is 0. The zero-order chi connectivity index (χ0) is 12.9. The van der Waals surface area contributed by atoms with Gasteiger partial charge in [0.1, 0.15) is 5.52 Å². The molecular formula is C7H9N4NaO3S3. The summed E-state index contributed by atoms with van der Waals surface area (Å²) in [5.41, 5.74) is 1.54. The summed E-state index contributed by atoms with van der Waals surface area (Å²) in [6.45, 7) is 0. The summed E-state index contributed by atoms with van der Waals surface area (Å²) in [5, 5.41) is 0. The maximum absolute atomic E-state index is 9.63. The summed E-state index contributed by atoms with van der Waals surface area (Å²) in [6.07, 6.45) is 3.12. The van der Waals surface area contributed by atoms with Crippen LogP contribution >= 0.6 is 24.8 Å². The molecule has 0 amide bonds. The maximum Gasteiger partial charge on any atom is 1.00 e. The SMILES string of the molecule is O=S(=O)([O-])CCS.S=c1nc[nH]c2nc[nH]c12.[Na+]. The van der Waals surface area contributed by atoms with Crippen molar-refractivity contribution in [1.82, 2.24) is 19.9 Å². The number of thiol groups is 1. The molecule has 2 N–H and O–H groups in total. The molecule has 0 saturated carbocycles. The molecule has 0 aliphatic heterocycles. The molecule has 18 heavy (non-hydrogen) atoms. The van der Waals surface area contributed by atoms with E-state index in [1.54, 1.807) is 6.33 Å². The van der Waals surface area contributed by atoms with Crippen molar-refractivity contribution in [3.05, 3.63) is 17.3 Å². The van der Waals surface area contributed by atoms with Gasteiger partial charge in [-0.05, 0) is 0 Å². The Labute approximate surface area is 136 Å². The quantitative estimate of drug-likeness (QED) is 0.244. The number of nitrogens with one attached hydrogen (secondary N) is 2. The van der Waals surface area contributed by atoms with E-state index < -0.39 is 10.1 Å². The Bertz CT molecular complexity index is 638. The molecule has 0 aliphatic rings. The van der Waals surface area contributed by atoms with Gasteiger partial charge in [-0.25, -0.2) is 18.4 Å². The average Bonchev–Trinajstić information content (AvgIpc) is 2.66. The molecule has 2 aromatic heterocycles. The van der Waals surface area contributed by atoms with E-state index in [1.165, 1.54) is 6.33 Å². The van der Waals surface area contributed by atoms with Crippen molar-refractivity contribution in [2.75, 3.05) is 11.5 Å². The number of fused-ring (bicyclic) bond motifs is 1. The normalized spacial score (nSPS) is 10.3. The first-order valence-corrected chi connectivity index (χ1v) is 6.97. The summed E-state index contributed by atoms with van der Waals surface area (Å²) < 4.78 is 29.4. The standard InChI is InChI=1S/C5H4N4S.C2H6O3S2.Na/c10-5-3-4(7-1-6-3)8-2-9-5;3-7(4,5)2-1-6;/h1-2H,(H2,6,7,8,9,10);6H,1-2H2,(H,3,4,5);/q;;+1/p-1. The summed E-state index contributed by atoms with van der Waals surface area (Å²) in [5.74, 6) is -0.276. The van der Waals surface area contributed by atoms with Crippen LogP contribution in [0.2, 0.25) is 0 Å². The van der Waals surface area contributed by atoms with Gasteiger partial charge in [0.05, 0.1) is 22.8 Å². The van der Waals surface area contributed by atoms with Crippen LogP contribution in [-0.4, -0.2) is 44.4 Å². The minimum absolute atomic E-state index is 0. The third kappa shape index (κ3) is 6.27. The number of hydrogen-bond acceptors (Lipinski definition) is 7. The molecule has 0 saturated heterocycles. The Balaban J connectivity index is 0.000000326. The van der Waals surface area contributed by atoms with Crippen molar-refractivity contribution in [2.24, 2.45) is 0 Å². The fourth-order valence-electron chi connectivity index (χ4n) is 0.895. The summed E-state index contributed by atoms with van der Waals surface area (Å²) in [7, 11) is -4.00. The summed E-state index contributed by atoms with van der Waals surface area (Å²) in [4.78, 5) is 13.6. The molecule has 2 aromatic rings. The van der Waals surface area contributed by atoms with E-state index in [4.69, 9.17) is 12.2 Å². The Morgan fingerprint density at radius 2 is 1.94 bits per heavy atom. The molecule has 0 spiro atoms. The fourth-order valence-corrected chi connectivity index (χ4v) is 2.00. The zero-order valence-electron chi connectivity index (χ0n) is 9.45. The molecule has 0 aromatic carbocycles. The van der Waals surface area contributed by atoms with Gasteiger partial charge in [0, 0.05) is 11.5 Å². The number of aromatic amines is 2. The molecule has 2 rings (SSSR count). The molecule has 0 unspecified atom stereocenters. The van der Waals surface area contributed by atoms with Gasteiger partial charge in [0.15, 0.2) is 10.3 Å². The van der Waals surface area contributed by atoms with Gasteiger partial charge in [-0.1, -0.05) is 12.2 Å². The predicted molar refractivity (Wildman–Crippen MR) is 67.5 cm³/mol. The topological polar surface area (TPSA) is 115 Å². The number of rotatable bonds is 2. The molecule has 0 fully saturated rings. The van der Waals surface area contributed by atoms with Crippen LogP contribution in [-0.2, 0) is 10.1 Å². The van der Waals surface area contributed by atoms with Gasteiger partial charge in [0.25, 0.3) is 0 Å². The first kappa shape index (κ1) is 18.0. The van der Waals surface area contributed by atoms with Crippen molar-refractivity contribution in [3.8, 4) is 0 Å². The second-order valence-corrected chi connectivity index (χ2v) is 5.18. The maximum atomic E-state index is 9.63. The van der Waals surface area contributed by atoms with E-state index in [1.807, 2.05) is 0 Å². The number of aromatic nitrogens is 4. The summed E-state index contributed by atoms with van der Waals surface area (Å²) >= 11 is 8.44. The fraction of sp³-hybridized carbons (Fsp3) is 0.286. The van der Waals surface area contributed by atoms with Crippen molar-refractivity contribution in [1.29, 1.82) is 0 Å². The molecule has 2 heterocycles. The minimum Gasteiger partial charge on any atom is -0.748 e. The number of imidazole rings is 1. The van der Waals surface area contributed by atoms with Gasteiger partial charge in [0.2, 0.25) is 0 Å². The van der Waals surface area contributed by atoms with Crippen molar-refractivity contribution >= 4 is 46.1 Å². The Morgan fingerprint density at radius 3 is 2.39 bits per heavy atom. The molecule has 0 bridgehead atoms. The second kappa shape index (κ2) is 8.25. The van der Waals surface area contributed by atoms with Crippen molar-refractivity contribution in [3.63, 3.8) is 0 Å². The van der Waals surface area contributed by atoms with Crippen molar-refractivity contribution < 1.29 is 42.5 Å². The van der Waals surface area contributed by atoms with Crippen LogP contribution in [0.3, 0.4) is 0 Å². The minimum atomic E-state index is -4.00. The van der Waals surface area contributed by atoms with Gasteiger partial charge in [-0.15, -0.1) is 0 Å². The van der Waals surface area contributed by atoms with Gasteiger partial charge < -0.3 is 14.5 Å². The van der Waals surface area contributed by atoms with Crippen LogP contribution in [0.1, 0.15) is 0 Å². The van der Waals surface area contributed by atoms with E-state index in [0.717, 1.165) is 11.2 Å². The van der Waals surface area contributed by atoms with E-state index in [0.29, 0.717) is 4.64 Å². The van der Waals surface area contributed by atoms with Crippen LogP contribution < -0.4 is 29.6 Å². The first-order chi connectivity index (χ1) is 7.94. The van der Waals surface area contributed by atoms with Crippen molar-refractivity contribution in [2.45, 2.75) is 0 Å². The Kier molecular flexibility index (Phi) is 8.26. The second-order valence-electron chi connectivity index (χ2n) is 2.82. The first-order valence-electron chi connectivity index (χ1n) is 4.35. The number of nitrogens with zero attached hydrogens (tertiary/aromatic N) is 2. The van der Waals surface area contributed by atoms with Crippen LogP contribution in [0.4, 0.5) is 0 Å². The largest absolute Gasteiger partial charge is 1.00 e. The zero-order valence-corrected chi connectivity index (χ0v) is 14.0. The molecule has 0 aliphatic carbocycles. The third-order valence-corrected chi connectivity index (χ3v) is 3.12. The van der Waals surface area contributed by atoms with Crippen LogP contribution in [0.15, 0.2) is 12.7 Å². The van der Waals surface area contributed by atoms with Gasteiger partial charge in [-0.2, -0.15) is 12.6 Å². The number of hydrogen-bond donors (Lipinski definition) is 3. The number of H-pyrrole nitrogens is 2. The molecular weight excluding hydrogens is 307 g/mol.